The molecule has 1 N–H and O–H groups in total. The van der Waals surface area contributed by atoms with Gasteiger partial charge in [-0.3, -0.25) is 4.79 Å². The molecule has 0 saturated carbocycles. The smallest absolute Gasteiger partial charge is 0.222 e. The molecule has 0 unspecified atom stereocenters. The Labute approximate surface area is 139 Å². The molecule has 3 atom stereocenters. The van der Waals surface area contributed by atoms with Gasteiger partial charge < -0.3 is 15.1 Å². The van der Waals surface area contributed by atoms with Crippen LogP contribution in [-0.4, -0.2) is 47.9 Å². The second-order valence-electron chi connectivity index (χ2n) is 7.37. The van der Waals surface area contributed by atoms with E-state index in [0.717, 1.165) is 26.1 Å². The number of carbonyl (C=O) groups excluding carboxylic acids is 1. The van der Waals surface area contributed by atoms with Crippen molar-refractivity contribution in [2.24, 2.45) is 5.92 Å². The number of benzene rings is 1. The molecule has 2 fully saturated rings. The average Bonchev–Trinajstić information content (AvgIpc) is 2.92. The third kappa shape index (κ3) is 3.86. The van der Waals surface area contributed by atoms with Crippen LogP contribution in [0.4, 0.5) is 5.69 Å². The van der Waals surface area contributed by atoms with Crippen LogP contribution in [0.2, 0.25) is 0 Å². The molecular weight excluding hydrogens is 286 g/mol. The Morgan fingerprint density at radius 3 is 2.61 bits per heavy atom. The summed E-state index contributed by atoms with van der Waals surface area (Å²) in [6, 6.07) is 9.78. The first-order valence-electron chi connectivity index (χ1n) is 8.86. The fraction of sp³-hybridized carbons (Fsp3) is 0.632. The van der Waals surface area contributed by atoms with E-state index < -0.39 is 0 Å². The SMILES string of the molecule is C[C@@H]1CN(C)[C@H](C)C[C@H]1Nc1ccc(CN2CCCC2=O)cc1. The summed E-state index contributed by atoms with van der Waals surface area (Å²) in [4.78, 5) is 16.1. The summed E-state index contributed by atoms with van der Waals surface area (Å²) in [5.41, 5.74) is 2.41. The Hall–Kier alpha value is -1.55. The van der Waals surface area contributed by atoms with Crippen molar-refractivity contribution in [1.82, 2.24) is 9.80 Å². The molecule has 0 spiro atoms. The van der Waals surface area contributed by atoms with Gasteiger partial charge >= 0.3 is 0 Å². The van der Waals surface area contributed by atoms with E-state index in [1.807, 2.05) is 4.90 Å². The molecule has 0 radical (unpaired) electrons. The molecule has 0 aromatic heterocycles. The highest BCUT2D eigenvalue weighted by Crippen LogP contribution is 2.24. The van der Waals surface area contributed by atoms with Crippen LogP contribution in [0.15, 0.2) is 24.3 Å². The molecule has 4 nitrogen and oxygen atoms in total. The van der Waals surface area contributed by atoms with Gasteiger partial charge in [-0.2, -0.15) is 0 Å². The van der Waals surface area contributed by atoms with Crippen molar-refractivity contribution in [3.63, 3.8) is 0 Å². The number of rotatable bonds is 4. The highest BCUT2D eigenvalue weighted by molar-refractivity contribution is 5.78. The van der Waals surface area contributed by atoms with Gasteiger partial charge in [-0.15, -0.1) is 0 Å². The molecule has 1 aromatic rings. The lowest BCUT2D eigenvalue weighted by Gasteiger charge is -2.40. The average molecular weight is 315 g/mol. The molecule has 4 heteroatoms. The van der Waals surface area contributed by atoms with Crippen molar-refractivity contribution in [2.75, 3.05) is 25.5 Å². The minimum absolute atomic E-state index is 0.293. The Kier molecular flexibility index (Phi) is 4.90. The third-order valence-corrected chi connectivity index (χ3v) is 5.46. The van der Waals surface area contributed by atoms with Crippen LogP contribution in [0.5, 0.6) is 0 Å². The number of carbonyl (C=O) groups is 1. The van der Waals surface area contributed by atoms with E-state index in [2.05, 4.69) is 55.4 Å². The van der Waals surface area contributed by atoms with Gasteiger partial charge in [0.2, 0.25) is 5.91 Å². The van der Waals surface area contributed by atoms with Gasteiger partial charge in [0.25, 0.3) is 0 Å². The van der Waals surface area contributed by atoms with Crippen molar-refractivity contribution in [2.45, 2.75) is 51.7 Å². The Bertz CT molecular complexity index is 542. The standard InChI is InChI=1S/C19H29N3O/c1-14-12-21(3)15(2)11-18(14)20-17-8-6-16(7-9-17)13-22-10-4-5-19(22)23/h6-9,14-15,18,20H,4-5,10-13H2,1-3H3/t14-,15-,18-/m1/s1. The number of piperidine rings is 1. The van der Waals surface area contributed by atoms with Crippen LogP contribution in [0.1, 0.15) is 38.7 Å². The van der Waals surface area contributed by atoms with Gasteiger partial charge in [-0.05, 0) is 50.4 Å². The van der Waals surface area contributed by atoms with Crippen molar-refractivity contribution < 1.29 is 4.79 Å². The number of nitrogens with one attached hydrogen (secondary N) is 1. The maximum absolute atomic E-state index is 11.7. The Morgan fingerprint density at radius 2 is 1.96 bits per heavy atom. The number of nitrogens with zero attached hydrogens (tertiary/aromatic N) is 2. The van der Waals surface area contributed by atoms with Crippen LogP contribution in [-0.2, 0) is 11.3 Å². The molecule has 23 heavy (non-hydrogen) atoms. The molecule has 2 saturated heterocycles. The zero-order valence-corrected chi connectivity index (χ0v) is 14.6. The lowest BCUT2D eigenvalue weighted by Crippen LogP contribution is -2.48. The van der Waals surface area contributed by atoms with Gasteiger partial charge in [0.1, 0.15) is 0 Å². The predicted molar refractivity (Wildman–Crippen MR) is 94.4 cm³/mol. The monoisotopic (exact) mass is 315 g/mol. The van der Waals surface area contributed by atoms with E-state index in [0.29, 0.717) is 30.3 Å². The second-order valence-corrected chi connectivity index (χ2v) is 7.37. The van der Waals surface area contributed by atoms with E-state index in [4.69, 9.17) is 0 Å². The van der Waals surface area contributed by atoms with Gasteiger partial charge in [0, 0.05) is 43.8 Å². The summed E-state index contributed by atoms with van der Waals surface area (Å²) in [5.74, 6) is 0.944. The minimum Gasteiger partial charge on any atom is -0.382 e. The number of hydrogen-bond acceptors (Lipinski definition) is 3. The van der Waals surface area contributed by atoms with Crippen LogP contribution in [0, 0.1) is 5.92 Å². The van der Waals surface area contributed by atoms with Crippen molar-refractivity contribution in [3.8, 4) is 0 Å². The van der Waals surface area contributed by atoms with E-state index in [-0.39, 0.29) is 0 Å². The molecule has 1 aromatic carbocycles. The summed E-state index contributed by atoms with van der Waals surface area (Å²) in [5, 5.41) is 3.70. The maximum Gasteiger partial charge on any atom is 0.222 e. The quantitative estimate of drug-likeness (QED) is 0.928. The second kappa shape index (κ2) is 6.91. The van der Waals surface area contributed by atoms with Crippen molar-refractivity contribution >= 4 is 11.6 Å². The van der Waals surface area contributed by atoms with Gasteiger partial charge in [0.15, 0.2) is 0 Å². The first kappa shape index (κ1) is 16.3. The largest absolute Gasteiger partial charge is 0.382 e. The molecule has 0 aliphatic carbocycles. The first-order valence-corrected chi connectivity index (χ1v) is 8.86. The fourth-order valence-corrected chi connectivity index (χ4v) is 3.75. The summed E-state index contributed by atoms with van der Waals surface area (Å²) < 4.78 is 0. The predicted octanol–water partition coefficient (Wildman–Crippen LogP) is 2.95. The van der Waals surface area contributed by atoms with Crippen LogP contribution in [0.3, 0.4) is 0 Å². The van der Waals surface area contributed by atoms with E-state index in [1.54, 1.807) is 0 Å². The van der Waals surface area contributed by atoms with Crippen LogP contribution < -0.4 is 5.32 Å². The molecule has 2 aliphatic rings. The number of hydrogen-bond donors (Lipinski definition) is 1. The Morgan fingerprint density at radius 1 is 1.22 bits per heavy atom. The van der Waals surface area contributed by atoms with Gasteiger partial charge in [0.05, 0.1) is 0 Å². The first-order chi connectivity index (χ1) is 11.0. The van der Waals surface area contributed by atoms with Crippen LogP contribution in [0.25, 0.3) is 0 Å². The third-order valence-electron chi connectivity index (χ3n) is 5.46. The molecule has 2 heterocycles. The summed E-state index contributed by atoms with van der Waals surface area (Å²) in [6.45, 7) is 7.43. The summed E-state index contributed by atoms with van der Waals surface area (Å²) in [7, 11) is 2.21. The molecule has 1 amide bonds. The summed E-state index contributed by atoms with van der Waals surface area (Å²) >= 11 is 0. The fourth-order valence-electron chi connectivity index (χ4n) is 3.75. The minimum atomic E-state index is 0.293. The number of amides is 1. The maximum atomic E-state index is 11.7. The van der Waals surface area contributed by atoms with E-state index in [1.165, 1.54) is 17.7 Å². The molecule has 2 aliphatic heterocycles. The molecule has 0 bridgehead atoms. The number of likely N-dealkylation sites (tertiary alicyclic amines) is 2. The topological polar surface area (TPSA) is 35.6 Å². The zero-order valence-electron chi connectivity index (χ0n) is 14.6. The summed E-state index contributed by atoms with van der Waals surface area (Å²) in [6.07, 6.45) is 2.90. The lowest BCUT2D eigenvalue weighted by molar-refractivity contribution is -0.128. The zero-order chi connectivity index (χ0) is 16.4. The number of anilines is 1. The molecule has 3 rings (SSSR count). The lowest BCUT2D eigenvalue weighted by atomic mass is 9.89. The Balaban J connectivity index is 1.58. The highest BCUT2D eigenvalue weighted by atomic mass is 16.2. The van der Waals surface area contributed by atoms with E-state index >= 15 is 0 Å². The van der Waals surface area contributed by atoms with Crippen molar-refractivity contribution in [1.29, 1.82) is 0 Å². The molecular formula is C19H29N3O. The van der Waals surface area contributed by atoms with Gasteiger partial charge in [-0.1, -0.05) is 19.1 Å². The van der Waals surface area contributed by atoms with Gasteiger partial charge in [-0.25, -0.2) is 0 Å². The van der Waals surface area contributed by atoms with Crippen molar-refractivity contribution in [3.05, 3.63) is 29.8 Å². The normalized spacial score (nSPS) is 29.1. The molecule has 126 valence electrons. The van der Waals surface area contributed by atoms with Crippen LogP contribution >= 0.6 is 0 Å². The highest BCUT2D eigenvalue weighted by Gasteiger charge is 2.28. The van der Waals surface area contributed by atoms with E-state index in [9.17, 15) is 4.79 Å².